The second-order valence-electron chi connectivity index (χ2n) is 4.56. The van der Waals surface area contributed by atoms with Gasteiger partial charge in [0, 0.05) is 37.6 Å². The van der Waals surface area contributed by atoms with Crippen molar-refractivity contribution in [1.82, 2.24) is 4.98 Å². The third-order valence-corrected chi connectivity index (χ3v) is 3.33. The van der Waals surface area contributed by atoms with Gasteiger partial charge in [-0.2, -0.15) is 0 Å². The highest BCUT2D eigenvalue weighted by molar-refractivity contribution is 5.55. The molecule has 0 bridgehead atoms. The summed E-state index contributed by atoms with van der Waals surface area (Å²) in [5.74, 6) is 0.953. The van der Waals surface area contributed by atoms with E-state index in [2.05, 4.69) is 59.4 Å². The van der Waals surface area contributed by atoms with Crippen molar-refractivity contribution in [2.24, 2.45) is 0 Å². The van der Waals surface area contributed by atoms with Gasteiger partial charge in [-0.3, -0.25) is 0 Å². The van der Waals surface area contributed by atoms with Gasteiger partial charge in [0.2, 0.25) is 0 Å². The predicted molar refractivity (Wildman–Crippen MR) is 81.7 cm³/mol. The molecule has 1 aromatic heterocycles. The maximum Gasteiger partial charge on any atom is 0.130 e. The Morgan fingerprint density at radius 1 is 1.16 bits per heavy atom. The number of hydrogen-bond donors (Lipinski definition) is 1. The molecule has 0 atom stereocenters. The number of nitrogens with zero attached hydrogens (tertiary/aromatic N) is 2. The Morgan fingerprint density at radius 3 is 2.63 bits per heavy atom. The lowest BCUT2D eigenvalue weighted by molar-refractivity contribution is 0.825. The van der Waals surface area contributed by atoms with Gasteiger partial charge in [0.05, 0.1) is 0 Å². The van der Waals surface area contributed by atoms with Gasteiger partial charge in [-0.25, -0.2) is 4.98 Å². The van der Waals surface area contributed by atoms with E-state index in [1.54, 1.807) is 0 Å². The summed E-state index contributed by atoms with van der Waals surface area (Å²) in [4.78, 5) is 6.73. The first kappa shape index (κ1) is 13.4. The van der Waals surface area contributed by atoms with Gasteiger partial charge in [0.1, 0.15) is 5.82 Å². The molecule has 0 aliphatic rings. The maximum absolute atomic E-state index is 4.36. The standard InChI is InChI=1S/C16H21N3/c1-4-19(15-10-6-5-8-13(15)2)12-14-9-7-11-18-16(14)17-3/h5-11H,4,12H2,1-3H3,(H,17,18). The van der Waals surface area contributed by atoms with Crippen molar-refractivity contribution in [3.63, 3.8) is 0 Å². The van der Waals surface area contributed by atoms with E-state index in [-0.39, 0.29) is 0 Å². The van der Waals surface area contributed by atoms with Gasteiger partial charge >= 0.3 is 0 Å². The quantitative estimate of drug-likeness (QED) is 0.887. The van der Waals surface area contributed by atoms with E-state index in [9.17, 15) is 0 Å². The smallest absolute Gasteiger partial charge is 0.130 e. The molecular formula is C16H21N3. The minimum Gasteiger partial charge on any atom is -0.373 e. The van der Waals surface area contributed by atoms with Crippen LogP contribution in [0.4, 0.5) is 11.5 Å². The second-order valence-corrected chi connectivity index (χ2v) is 4.56. The van der Waals surface area contributed by atoms with Crippen molar-refractivity contribution in [3.8, 4) is 0 Å². The molecule has 3 nitrogen and oxygen atoms in total. The Kier molecular flexibility index (Phi) is 4.39. The van der Waals surface area contributed by atoms with E-state index in [4.69, 9.17) is 0 Å². The molecule has 100 valence electrons. The fourth-order valence-electron chi connectivity index (χ4n) is 2.28. The summed E-state index contributed by atoms with van der Waals surface area (Å²) in [7, 11) is 1.91. The largest absolute Gasteiger partial charge is 0.373 e. The summed E-state index contributed by atoms with van der Waals surface area (Å²) >= 11 is 0. The number of anilines is 2. The normalized spacial score (nSPS) is 10.3. The molecule has 2 rings (SSSR count). The van der Waals surface area contributed by atoms with E-state index in [0.29, 0.717) is 0 Å². The number of aromatic nitrogens is 1. The van der Waals surface area contributed by atoms with E-state index >= 15 is 0 Å². The van der Waals surface area contributed by atoms with Crippen LogP contribution in [0.2, 0.25) is 0 Å². The molecule has 0 aliphatic heterocycles. The number of aryl methyl sites for hydroxylation is 1. The average molecular weight is 255 g/mol. The van der Waals surface area contributed by atoms with Crippen LogP contribution >= 0.6 is 0 Å². The van der Waals surface area contributed by atoms with Gasteiger partial charge < -0.3 is 10.2 Å². The van der Waals surface area contributed by atoms with Crippen molar-refractivity contribution >= 4 is 11.5 Å². The molecular weight excluding hydrogens is 234 g/mol. The molecule has 0 amide bonds. The molecule has 1 aromatic carbocycles. The molecule has 1 heterocycles. The number of hydrogen-bond acceptors (Lipinski definition) is 3. The van der Waals surface area contributed by atoms with Crippen molar-refractivity contribution in [3.05, 3.63) is 53.7 Å². The van der Waals surface area contributed by atoms with Crippen molar-refractivity contribution in [1.29, 1.82) is 0 Å². The van der Waals surface area contributed by atoms with Gasteiger partial charge in [-0.15, -0.1) is 0 Å². The summed E-state index contributed by atoms with van der Waals surface area (Å²) in [6.07, 6.45) is 1.82. The third-order valence-electron chi connectivity index (χ3n) is 3.33. The van der Waals surface area contributed by atoms with Crippen molar-refractivity contribution in [2.75, 3.05) is 23.8 Å². The van der Waals surface area contributed by atoms with Crippen molar-refractivity contribution < 1.29 is 0 Å². The van der Waals surface area contributed by atoms with Crippen LogP contribution in [0.3, 0.4) is 0 Å². The second kappa shape index (κ2) is 6.23. The average Bonchev–Trinajstić information content (AvgIpc) is 2.46. The van der Waals surface area contributed by atoms with Crippen LogP contribution in [-0.4, -0.2) is 18.6 Å². The molecule has 0 unspecified atom stereocenters. The lowest BCUT2D eigenvalue weighted by Crippen LogP contribution is -2.23. The van der Waals surface area contributed by atoms with Crippen LogP contribution in [0.25, 0.3) is 0 Å². The topological polar surface area (TPSA) is 28.2 Å². The SMILES string of the molecule is CCN(Cc1cccnc1NC)c1ccccc1C. The summed E-state index contributed by atoms with van der Waals surface area (Å²) in [5, 5.41) is 3.15. The first-order valence-corrected chi connectivity index (χ1v) is 6.68. The Morgan fingerprint density at radius 2 is 1.95 bits per heavy atom. The minimum absolute atomic E-state index is 0.866. The molecule has 0 spiro atoms. The molecule has 0 aliphatic carbocycles. The van der Waals surface area contributed by atoms with E-state index < -0.39 is 0 Å². The van der Waals surface area contributed by atoms with Gasteiger partial charge in [0.15, 0.2) is 0 Å². The van der Waals surface area contributed by atoms with Gasteiger partial charge in [-0.05, 0) is 31.5 Å². The fourth-order valence-corrected chi connectivity index (χ4v) is 2.28. The molecule has 3 heteroatoms. The molecule has 2 aromatic rings. The Hall–Kier alpha value is -2.03. The van der Waals surface area contributed by atoms with Gasteiger partial charge in [0.25, 0.3) is 0 Å². The molecule has 1 N–H and O–H groups in total. The number of para-hydroxylation sites is 1. The zero-order chi connectivity index (χ0) is 13.7. The predicted octanol–water partition coefficient (Wildman–Crippen LogP) is 3.46. The van der Waals surface area contributed by atoms with Gasteiger partial charge in [-0.1, -0.05) is 24.3 Å². The summed E-state index contributed by atoms with van der Waals surface area (Å²) in [6.45, 7) is 6.18. The Labute approximate surface area is 115 Å². The highest BCUT2D eigenvalue weighted by atomic mass is 15.1. The summed E-state index contributed by atoms with van der Waals surface area (Å²) < 4.78 is 0. The van der Waals surface area contributed by atoms with E-state index in [1.807, 2.05) is 19.3 Å². The molecule has 0 fully saturated rings. The lowest BCUT2D eigenvalue weighted by Gasteiger charge is -2.25. The van der Waals surface area contributed by atoms with Crippen LogP contribution in [0.1, 0.15) is 18.1 Å². The number of rotatable bonds is 5. The minimum atomic E-state index is 0.866. The summed E-state index contributed by atoms with van der Waals surface area (Å²) in [5.41, 5.74) is 3.81. The molecule has 19 heavy (non-hydrogen) atoms. The fraction of sp³-hybridized carbons (Fsp3) is 0.312. The van der Waals surface area contributed by atoms with Crippen molar-refractivity contribution in [2.45, 2.75) is 20.4 Å². The van der Waals surface area contributed by atoms with Crippen LogP contribution in [0.15, 0.2) is 42.6 Å². The Balaban J connectivity index is 2.27. The van der Waals surface area contributed by atoms with Crippen LogP contribution < -0.4 is 10.2 Å². The van der Waals surface area contributed by atoms with Crippen LogP contribution in [0.5, 0.6) is 0 Å². The molecule has 0 saturated heterocycles. The van der Waals surface area contributed by atoms with Crippen LogP contribution in [0, 0.1) is 6.92 Å². The first-order valence-electron chi connectivity index (χ1n) is 6.68. The highest BCUT2D eigenvalue weighted by Crippen LogP contribution is 2.23. The number of pyridine rings is 1. The zero-order valence-corrected chi connectivity index (χ0v) is 11.9. The summed E-state index contributed by atoms with van der Waals surface area (Å²) in [6, 6.07) is 12.6. The number of nitrogens with one attached hydrogen (secondary N) is 1. The maximum atomic E-state index is 4.36. The van der Waals surface area contributed by atoms with E-state index in [0.717, 1.165) is 18.9 Å². The molecule has 0 saturated carbocycles. The Bertz CT molecular complexity index is 537. The van der Waals surface area contributed by atoms with E-state index in [1.165, 1.54) is 16.8 Å². The zero-order valence-electron chi connectivity index (χ0n) is 11.9. The van der Waals surface area contributed by atoms with Crippen LogP contribution in [-0.2, 0) is 6.54 Å². The lowest BCUT2D eigenvalue weighted by atomic mass is 10.1. The highest BCUT2D eigenvalue weighted by Gasteiger charge is 2.10. The number of benzene rings is 1. The third kappa shape index (κ3) is 3.05. The monoisotopic (exact) mass is 255 g/mol. The molecule has 0 radical (unpaired) electrons. The first-order chi connectivity index (χ1) is 9.26.